The average Bonchev–Trinajstić information content (AvgIpc) is 2.93. The van der Waals surface area contributed by atoms with Gasteiger partial charge in [-0.15, -0.1) is 0 Å². The Morgan fingerprint density at radius 2 is 1.94 bits per heavy atom. The van der Waals surface area contributed by atoms with E-state index in [0.29, 0.717) is 19.1 Å². The van der Waals surface area contributed by atoms with Crippen molar-refractivity contribution in [1.29, 1.82) is 0 Å². The molecule has 1 aliphatic carbocycles. The van der Waals surface area contributed by atoms with Crippen molar-refractivity contribution in [3.8, 4) is 5.75 Å². The van der Waals surface area contributed by atoms with E-state index < -0.39 is 6.10 Å². The van der Waals surface area contributed by atoms with Crippen LogP contribution >= 0.6 is 0 Å². The molecule has 2 rings (SSSR count). The Bertz CT molecular complexity index is 359. The van der Waals surface area contributed by atoms with E-state index in [0.717, 1.165) is 24.2 Å². The summed E-state index contributed by atoms with van der Waals surface area (Å²) in [5.41, 5.74) is 0.917. The molecule has 0 aromatic heterocycles. The van der Waals surface area contributed by atoms with Gasteiger partial charge in [-0.2, -0.15) is 0 Å². The van der Waals surface area contributed by atoms with E-state index in [1.807, 2.05) is 24.3 Å². The molecule has 3 nitrogen and oxygen atoms in total. The smallest absolute Gasteiger partial charge is 0.125 e. The van der Waals surface area contributed by atoms with Crippen LogP contribution in [0.2, 0.25) is 0 Å². The van der Waals surface area contributed by atoms with Gasteiger partial charge in [0.15, 0.2) is 0 Å². The topological polar surface area (TPSA) is 38.7 Å². The molecule has 0 radical (unpaired) electrons. The SMILES string of the molecule is COCCOc1ccccc1C(O)C1CCCC1. The number of benzene rings is 1. The van der Waals surface area contributed by atoms with Crippen LogP contribution in [0.15, 0.2) is 24.3 Å². The number of aliphatic hydroxyl groups excluding tert-OH is 1. The third-order valence-electron chi connectivity index (χ3n) is 3.63. The molecule has 0 bridgehead atoms. The number of rotatable bonds is 6. The average molecular weight is 250 g/mol. The van der Waals surface area contributed by atoms with Crippen molar-refractivity contribution < 1.29 is 14.6 Å². The number of hydrogen-bond donors (Lipinski definition) is 1. The van der Waals surface area contributed by atoms with Gasteiger partial charge in [-0.25, -0.2) is 0 Å². The van der Waals surface area contributed by atoms with Gasteiger partial charge in [-0.3, -0.25) is 0 Å². The van der Waals surface area contributed by atoms with Gasteiger partial charge in [0.2, 0.25) is 0 Å². The van der Waals surface area contributed by atoms with Crippen LogP contribution < -0.4 is 4.74 Å². The number of para-hydroxylation sites is 1. The lowest BCUT2D eigenvalue weighted by atomic mass is 9.94. The minimum absolute atomic E-state index is 0.386. The lowest BCUT2D eigenvalue weighted by molar-refractivity contribution is 0.103. The molecule has 1 N–H and O–H groups in total. The summed E-state index contributed by atoms with van der Waals surface area (Å²) in [6, 6.07) is 7.78. The summed E-state index contributed by atoms with van der Waals surface area (Å²) in [4.78, 5) is 0. The fourth-order valence-corrected chi connectivity index (χ4v) is 2.62. The first-order valence-electron chi connectivity index (χ1n) is 6.71. The lowest BCUT2D eigenvalue weighted by Gasteiger charge is -2.21. The maximum absolute atomic E-state index is 10.4. The van der Waals surface area contributed by atoms with E-state index in [4.69, 9.17) is 9.47 Å². The minimum atomic E-state index is -0.397. The van der Waals surface area contributed by atoms with Gasteiger partial charge in [0, 0.05) is 12.7 Å². The maximum Gasteiger partial charge on any atom is 0.125 e. The highest BCUT2D eigenvalue weighted by Gasteiger charge is 2.26. The van der Waals surface area contributed by atoms with E-state index in [2.05, 4.69) is 0 Å². The largest absolute Gasteiger partial charge is 0.491 e. The molecule has 0 amide bonds. The predicted octanol–water partition coefficient (Wildman–Crippen LogP) is 2.94. The fourth-order valence-electron chi connectivity index (χ4n) is 2.62. The maximum atomic E-state index is 10.4. The van der Waals surface area contributed by atoms with Crippen molar-refractivity contribution in [2.75, 3.05) is 20.3 Å². The molecule has 0 aliphatic heterocycles. The van der Waals surface area contributed by atoms with Gasteiger partial charge >= 0.3 is 0 Å². The quantitative estimate of drug-likeness (QED) is 0.789. The highest BCUT2D eigenvalue weighted by Crippen LogP contribution is 2.38. The summed E-state index contributed by atoms with van der Waals surface area (Å²) >= 11 is 0. The molecule has 0 saturated heterocycles. The van der Waals surface area contributed by atoms with Crippen molar-refractivity contribution in [3.63, 3.8) is 0 Å². The Morgan fingerprint density at radius 1 is 1.22 bits per heavy atom. The van der Waals surface area contributed by atoms with Crippen LogP contribution in [0.3, 0.4) is 0 Å². The Labute approximate surface area is 109 Å². The fraction of sp³-hybridized carbons (Fsp3) is 0.600. The molecule has 100 valence electrons. The minimum Gasteiger partial charge on any atom is -0.491 e. The van der Waals surface area contributed by atoms with Gasteiger partial charge in [0.25, 0.3) is 0 Å². The molecule has 1 saturated carbocycles. The van der Waals surface area contributed by atoms with Crippen LogP contribution in [0.25, 0.3) is 0 Å². The number of aliphatic hydroxyl groups is 1. The number of hydrogen-bond acceptors (Lipinski definition) is 3. The number of ether oxygens (including phenoxy) is 2. The second-order valence-electron chi connectivity index (χ2n) is 4.87. The molecule has 1 fully saturated rings. The zero-order valence-corrected chi connectivity index (χ0v) is 11.0. The molecular formula is C15H22O3. The molecule has 0 spiro atoms. The summed E-state index contributed by atoms with van der Waals surface area (Å²) in [5.74, 6) is 1.17. The van der Waals surface area contributed by atoms with Gasteiger partial charge in [0.05, 0.1) is 12.7 Å². The summed E-state index contributed by atoms with van der Waals surface area (Å²) < 4.78 is 10.6. The normalized spacial score (nSPS) is 17.9. The van der Waals surface area contributed by atoms with Crippen LogP contribution in [0.1, 0.15) is 37.4 Å². The van der Waals surface area contributed by atoms with Crippen LogP contribution in [0, 0.1) is 5.92 Å². The van der Waals surface area contributed by atoms with E-state index in [-0.39, 0.29) is 0 Å². The molecule has 1 aliphatic rings. The first-order chi connectivity index (χ1) is 8.83. The van der Waals surface area contributed by atoms with Crippen LogP contribution in [0.4, 0.5) is 0 Å². The number of methoxy groups -OCH3 is 1. The third kappa shape index (κ3) is 3.24. The third-order valence-corrected chi connectivity index (χ3v) is 3.63. The summed E-state index contributed by atoms with van der Waals surface area (Å²) in [5, 5.41) is 10.4. The molecule has 3 heteroatoms. The van der Waals surface area contributed by atoms with Crippen molar-refractivity contribution >= 4 is 0 Å². The molecule has 0 heterocycles. The van der Waals surface area contributed by atoms with Gasteiger partial charge in [-0.05, 0) is 24.8 Å². The van der Waals surface area contributed by atoms with E-state index in [1.54, 1.807) is 7.11 Å². The lowest BCUT2D eigenvalue weighted by Crippen LogP contribution is -2.12. The van der Waals surface area contributed by atoms with Crippen molar-refractivity contribution in [1.82, 2.24) is 0 Å². The molecule has 1 aromatic rings. The molecule has 1 aromatic carbocycles. The molecule has 1 atom stereocenters. The monoisotopic (exact) mass is 250 g/mol. The highest BCUT2D eigenvalue weighted by atomic mass is 16.5. The van der Waals surface area contributed by atoms with Crippen LogP contribution in [-0.2, 0) is 4.74 Å². The Kier molecular flexibility index (Phi) is 5.02. The van der Waals surface area contributed by atoms with Crippen molar-refractivity contribution in [3.05, 3.63) is 29.8 Å². The summed E-state index contributed by atoms with van der Waals surface area (Å²) in [6.07, 6.45) is 4.30. The highest BCUT2D eigenvalue weighted by molar-refractivity contribution is 5.35. The van der Waals surface area contributed by atoms with Crippen molar-refractivity contribution in [2.24, 2.45) is 5.92 Å². The predicted molar refractivity (Wildman–Crippen MR) is 70.7 cm³/mol. The standard InChI is InChI=1S/C15H22O3/c1-17-10-11-18-14-9-5-4-8-13(14)15(16)12-6-2-3-7-12/h4-5,8-9,12,15-16H,2-3,6-7,10-11H2,1H3. The molecular weight excluding hydrogens is 228 g/mol. The Balaban J connectivity index is 2.05. The zero-order chi connectivity index (χ0) is 12.8. The van der Waals surface area contributed by atoms with Crippen molar-refractivity contribution in [2.45, 2.75) is 31.8 Å². The first-order valence-corrected chi connectivity index (χ1v) is 6.71. The van der Waals surface area contributed by atoms with Gasteiger partial charge in [-0.1, -0.05) is 31.0 Å². The Hall–Kier alpha value is -1.06. The van der Waals surface area contributed by atoms with E-state index >= 15 is 0 Å². The first kappa shape index (κ1) is 13.4. The van der Waals surface area contributed by atoms with Crippen LogP contribution in [0.5, 0.6) is 5.75 Å². The molecule has 1 unspecified atom stereocenters. The van der Waals surface area contributed by atoms with E-state index in [9.17, 15) is 5.11 Å². The van der Waals surface area contributed by atoms with Gasteiger partial charge in [0.1, 0.15) is 12.4 Å². The molecule has 18 heavy (non-hydrogen) atoms. The van der Waals surface area contributed by atoms with Crippen LogP contribution in [-0.4, -0.2) is 25.4 Å². The Morgan fingerprint density at radius 3 is 2.67 bits per heavy atom. The zero-order valence-electron chi connectivity index (χ0n) is 11.0. The van der Waals surface area contributed by atoms with Gasteiger partial charge < -0.3 is 14.6 Å². The van der Waals surface area contributed by atoms with E-state index in [1.165, 1.54) is 12.8 Å². The second kappa shape index (κ2) is 6.76. The second-order valence-corrected chi connectivity index (χ2v) is 4.87. The summed E-state index contributed by atoms with van der Waals surface area (Å²) in [6.45, 7) is 1.08. The summed E-state index contributed by atoms with van der Waals surface area (Å²) in [7, 11) is 1.66.